The molecular formula is C12H12BrNO2. The summed E-state index contributed by atoms with van der Waals surface area (Å²) in [4.78, 5) is 13.6. The number of halogens is 1. The lowest BCUT2D eigenvalue weighted by molar-refractivity contribution is -0.115. The van der Waals surface area contributed by atoms with Crippen molar-refractivity contribution in [3.8, 4) is 0 Å². The fourth-order valence-corrected chi connectivity index (χ4v) is 2.08. The number of nitrogens with zero attached hydrogens (tertiary/aromatic N) is 1. The zero-order chi connectivity index (χ0) is 11.7. The Morgan fingerprint density at radius 1 is 1.38 bits per heavy atom. The Labute approximate surface area is 103 Å². The van der Waals surface area contributed by atoms with Gasteiger partial charge in [-0.15, -0.1) is 0 Å². The van der Waals surface area contributed by atoms with Crippen molar-refractivity contribution in [2.45, 2.75) is 0 Å². The molecule has 0 amide bonds. The quantitative estimate of drug-likeness (QED) is 0.833. The monoisotopic (exact) mass is 281 g/mol. The molecule has 0 saturated heterocycles. The number of benzene rings is 1. The van der Waals surface area contributed by atoms with E-state index in [4.69, 9.17) is 4.74 Å². The molecule has 0 spiro atoms. The van der Waals surface area contributed by atoms with Crippen molar-refractivity contribution in [1.82, 2.24) is 4.90 Å². The van der Waals surface area contributed by atoms with E-state index in [-0.39, 0.29) is 12.4 Å². The summed E-state index contributed by atoms with van der Waals surface area (Å²) in [6.45, 7) is 0.134. The van der Waals surface area contributed by atoms with Gasteiger partial charge >= 0.3 is 0 Å². The van der Waals surface area contributed by atoms with E-state index in [0.29, 0.717) is 11.5 Å². The summed E-state index contributed by atoms with van der Waals surface area (Å²) in [5.74, 6) is 0.671. The number of rotatable bonds is 2. The van der Waals surface area contributed by atoms with Gasteiger partial charge in [-0.1, -0.05) is 28.1 Å². The lowest BCUT2D eigenvalue weighted by Gasteiger charge is -2.14. The number of carbonyl (C=O) groups excluding carboxylic acids is 1. The molecule has 0 aliphatic carbocycles. The molecule has 0 radical (unpaired) electrons. The van der Waals surface area contributed by atoms with Crippen LogP contribution in [0.15, 0.2) is 34.6 Å². The molecule has 1 aliphatic heterocycles. The molecule has 3 nitrogen and oxygen atoms in total. The van der Waals surface area contributed by atoms with E-state index in [9.17, 15) is 4.79 Å². The van der Waals surface area contributed by atoms with Crippen LogP contribution in [0.3, 0.4) is 0 Å². The van der Waals surface area contributed by atoms with E-state index in [1.807, 2.05) is 43.3 Å². The van der Waals surface area contributed by atoms with Gasteiger partial charge in [0.15, 0.2) is 6.61 Å². The molecule has 1 aromatic carbocycles. The summed E-state index contributed by atoms with van der Waals surface area (Å²) in [6, 6.07) is 7.67. The molecular weight excluding hydrogens is 270 g/mol. The van der Waals surface area contributed by atoms with Gasteiger partial charge in [-0.2, -0.15) is 0 Å². The SMILES string of the molecule is CN(C)C1=C(c2cccc(Br)c2)C(=O)CO1. The van der Waals surface area contributed by atoms with Gasteiger partial charge in [0.1, 0.15) is 0 Å². The molecule has 0 unspecified atom stereocenters. The van der Waals surface area contributed by atoms with Crippen molar-refractivity contribution in [3.05, 3.63) is 40.2 Å². The Hall–Kier alpha value is -1.29. The van der Waals surface area contributed by atoms with Crippen LogP contribution < -0.4 is 0 Å². The summed E-state index contributed by atoms with van der Waals surface area (Å²) in [5.41, 5.74) is 1.55. The predicted octanol–water partition coefficient (Wildman–Crippen LogP) is 2.28. The topological polar surface area (TPSA) is 29.5 Å². The number of hydrogen-bond donors (Lipinski definition) is 0. The molecule has 16 heavy (non-hydrogen) atoms. The zero-order valence-corrected chi connectivity index (χ0v) is 10.7. The second-order valence-corrected chi connectivity index (χ2v) is 4.71. The fourth-order valence-electron chi connectivity index (χ4n) is 1.68. The normalized spacial score (nSPS) is 15.3. The number of ketones is 1. The van der Waals surface area contributed by atoms with E-state index in [2.05, 4.69) is 15.9 Å². The molecule has 84 valence electrons. The first-order valence-corrected chi connectivity index (χ1v) is 5.72. The Kier molecular flexibility index (Phi) is 3.01. The molecule has 0 saturated carbocycles. The minimum absolute atomic E-state index is 0.0294. The van der Waals surface area contributed by atoms with Crippen molar-refractivity contribution in [3.63, 3.8) is 0 Å². The van der Waals surface area contributed by atoms with Gasteiger partial charge in [0.2, 0.25) is 11.7 Å². The lowest BCUT2D eigenvalue weighted by Crippen LogP contribution is -2.12. The average Bonchev–Trinajstić information content (AvgIpc) is 2.60. The van der Waals surface area contributed by atoms with Crippen molar-refractivity contribution >= 4 is 27.3 Å². The summed E-state index contributed by atoms with van der Waals surface area (Å²) in [6.07, 6.45) is 0. The first-order valence-electron chi connectivity index (χ1n) is 4.93. The third kappa shape index (κ3) is 1.97. The molecule has 0 bridgehead atoms. The van der Waals surface area contributed by atoms with Crippen molar-refractivity contribution < 1.29 is 9.53 Å². The van der Waals surface area contributed by atoms with Crippen LogP contribution >= 0.6 is 15.9 Å². The maximum Gasteiger partial charge on any atom is 0.206 e. The van der Waals surface area contributed by atoms with Crippen LogP contribution in [0.25, 0.3) is 5.57 Å². The Balaban J connectivity index is 2.52. The molecule has 1 aliphatic rings. The number of carbonyl (C=O) groups is 1. The van der Waals surface area contributed by atoms with E-state index >= 15 is 0 Å². The van der Waals surface area contributed by atoms with Crippen LogP contribution in [0.5, 0.6) is 0 Å². The maximum absolute atomic E-state index is 11.8. The highest BCUT2D eigenvalue weighted by atomic mass is 79.9. The molecule has 1 aromatic rings. The Morgan fingerprint density at radius 3 is 2.75 bits per heavy atom. The van der Waals surface area contributed by atoms with Crippen LogP contribution in [0.1, 0.15) is 5.56 Å². The molecule has 0 aromatic heterocycles. The molecule has 4 heteroatoms. The van der Waals surface area contributed by atoms with Gasteiger partial charge in [0, 0.05) is 18.6 Å². The van der Waals surface area contributed by atoms with Crippen LogP contribution in [0.4, 0.5) is 0 Å². The van der Waals surface area contributed by atoms with Crippen LogP contribution in [0.2, 0.25) is 0 Å². The standard InChI is InChI=1S/C12H12BrNO2/c1-14(2)12-11(10(15)7-16-12)8-4-3-5-9(13)6-8/h3-6H,7H2,1-2H3. The highest BCUT2D eigenvalue weighted by Crippen LogP contribution is 2.28. The smallest absolute Gasteiger partial charge is 0.206 e. The van der Waals surface area contributed by atoms with Crippen molar-refractivity contribution in [1.29, 1.82) is 0 Å². The second kappa shape index (κ2) is 4.29. The van der Waals surface area contributed by atoms with Crippen LogP contribution in [0, 0.1) is 0 Å². The number of ether oxygens (including phenoxy) is 1. The molecule has 0 N–H and O–H groups in total. The third-order valence-electron chi connectivity index (χ3n) is 2.35. The van der Waals surface area contributed by atoms with Crippen LogP contribution in [-0.4, -0.2) is 31.4 Å². The van der Waals surface area contributed by atoms with E-state index < -0.39 is 0 Å². The van der Waals surface area contributed by atoms with Crippen molar-refractivity contribution in [2.24, 2.45) is 0 Å². The zero-order valence-electron chi connectivity index (χ0n) is 9.16. The van der Waals surface area contributed by atoms with Gasteiger partial charge in [0.25, 0.3) is 0 Å². The van der Waals surface area contributed by atoms with Gasteiger partial charge in [-0.25, -0.2) is 0 Å². The molecule has 2 rings (SSSR count). The van der Waals surface area contributed by atoms with E-state index in [1.54, 1.807) is 0 Å². The summed E-state index contributed by atoms with van der Waals surface area (Å²) < 4.78 is 6.33. The summed E-state index contributed by atoms with van der Waals surface area (Å²) >= 11 is 3.40. The van der Waals surface area contributed by atoms with Gasteiger partial charge < -0.3 is 9.64 Å². The highest BCUT2D eigenvalue weighted by Gasteiger charge is 2.27. The van der Waals surface area contributed by atoms with E-state index in [1.165, 1.54) is 0 Å². The highest BCUT2D eigenvalue weighted by molar-refractivity contribution is 9.10. The lowest BCUT2D eigenvalue weighted by atomic mass is 10.0. The molecule has 0 atom stereocenters. The fraction of sp³-hybridized carbons (Fsp3) is 0.250. The first kappa shape index (κ1) is 11.2. The average molecular weight is 282 g/mol. The van der Waals surface area contributed by atoms with Gasteiger partial charge in [-0.3, -0.25) is 4.79 Å². The minimum atomic E-state index is 0.0294. The maximum atomic E-state index is 11.8. The van der Waals surface area contributed by atoms with Gasteiger partial charge in [-0.05, 0) is 17.7 Å². The second-order valence-electron chi connectivity index (χ2n) is 3.80. The summed E-state index contributed by atoms with van der Waals surface area (Å²) in [5, 5.41) is 0. The summed E-state index contributed by atoms with van der Waals surface area (Å²) in [7, 11) is 3.73. The largest absolute Gasteiger partial charge is 0.470 e. The number of Topliss-reactive ketones (excluding diaryl/α,β-unsaturated/α-hetero) is 1. The molecule has 0 fully saturated rings. The third-order valence-corrected chi connectivity index (χ3v) is 2.85. The van der Waals surface area contributed by atoms with Crippen LogP contribution in [-0.2, 0) is 9.53 Å². The van der Waals surface area contributed by atoms with Gasteiger partial charge in [0.05, 0.1) is 5.57 Å². The first-order chi connectivity index (χ1) is 7.59. The Morgan fingerprint density at radius 2 is 2.12 bits per heavy atom. The minimum Gasteiger partial charge on any atom is -0.470 e. The number of hydrogen-bond acceptors (Lipinski definition) is 3. The molecule has 1 heterocycles. The predicted molar refractivity (Wildman–Crippen MR) is 65.7 cm³/mol. The van der Waals surface area contributed by atoms with Crippen molar-refractivity contribution in [2.75, 3.05) is 20.7 Å². The van der Waals surface area contributed by atoms with E-state index in [0.717, 1.165) is 10.0 Å². The Bertz CT molecular complexity index is 466.